The molecule has 3 aromatic rings. The van der Waals surface area contributed by atoms with E-state index in [-0.39, 0.29) is 17.0 Å². The third kappa shape index (κ3) is 9.96. The van der Waals surface area contributed by atoms with Gasteiger partial charge in [-0.25, -0.2) is 9.37 Å². The van der Waals surface area contributed by atoms with Crippen molar-refractivity contribution >= 4 is 52.0 Å². The van der Waals surface area contributed by atoms with Crippen LogP contribution in [0.25, 0.3) is 5.70 Å². The van der Waals surface area contributed by atoms with Gasteiger partial charge in [-0.15, -0.1) is 0 Å². The molecule has 0 unspecified atom stereocenters. The van der Waals surface area contributed by atoms with Crippen molar-refractivity contribution in [1.29, 1.82) is 5.41 Å². The van der Waals surface area contributed by atoms with Gasteiger partial charge in [0.05, 0.1) is 23.4 Å². The first kappa shape index (κ1) is 32.8. The first-order valence-corrected chi connectivity index (χ1v) is 14.1. The summed E-state index contributed by atoms with van der Waals surface area (Å²) in [6, 6.07) is 10.6. The van der Waals surface area contributed by atoms with Crippen molar-refractivity contribution < 1.29 is 13.9 Å². The minimum absolute atomic E-state index is 0.169. The van der Waals surface area contributed by atoms with Gasteiger partial charge < -0.3 is 20.8 Å². The second-order valence-corrected chi connectivity index (χ2v) is 9.66. The van der Waals surface area contributed by atoms with E-state index in [0.29, 0.717) is 44.8 Å². The second-order valence-electron chi connectivity index (χ2n) is 8.79. The molecule has 40 heavy (non-hydrogen) atoms. The maximum atomic E-state index is 14.9. The first-order chi connectivity index (χ1) is 19.2. The van der Waals surface area contributed by atoms with Crippen LogP contribution in [-0.4, -0.2) is 23.7 Å². The van der Waals surface area contributed by atoms with Gasteiger partial charge in [0, 0.05) is 34.3 Å². The van der Waals surface area contributed by atoms with Crippen LogP contribution in [0, 0.1) is 11.2 Å². The Labute approximate surface area is 246 Å². The highest BCUT2D eigenvalue weighted by atomic mass is 35.5. The minimum Gasteiger partial charge on any atom is -0.494 e. The third-order valence-corrected chi connectivity index (χ3v) is 5.99. The summed E-state index contributed by atoms with van der Waals surface area (Å²) < 4.78 is 20.3. The van der Waals surface area contributed by atoms with Gasteiger partial charge in [0.25, 0.3) is 5.91 Å². The molecular formula is C31H37Cl2FN4O2. The van der Waals surface area contributed by atoms with Crippen molar-refractivity contribution in [2.24, 2.45) is 0 Å². The number of rotatable bonds is 10. The highest BCUT2D eigenvalue weighted by molar-refractivity contribution is 6.31. The molecule has 0 spiro atoms. The Hall–Kier alpha value is -3.42. The monoisotopic (exact) mass is 586 g/mol. The molecule has 0 atom stereocenters. The van der Waals surface area contributed by atoms with Crippen LogP contribution in [-0.2, 0) is 0 Å². The number of nitrogens with zero attached hydrogens (tertiary/aromatic N) is 1. The average Bonchev–Trinajstić information content (AvgIpc) is 3.84. The van der Waals surface area contributed by atoms with Gasteiger partial charge in [0.2, 0.25) is 0 Å². The van der Waals surface area contributed by atoms with Gasteiger partial charge in [-0.3, -0.25) is 4.79 Å². The lowest BCUT2D eigenvalue weighted by atomic mass is 10.0. The van der Waals surface area contributed by atoms with Crippen molar-refractivity contribution in [3.8, 4) is 5.75 Å². The van der Waals surface area contributed by atoms with E-state index < -0.39 is 11.7 Å². The summed E-state index contributed by atoms with van der Waals surface area (Å²) >= 11 is 12.1. The number of carbonyl (C=O) groups is 1. The lowest BCUT2D eigenvalue weighted by molar-refractivity contribution is 0.102. The number of hydrogen-bond donors (Lipinski definition) is 3. The third-order valence-electron chi connectivity index (χ3n) is 5.55. The van der Waals surface area contributed by atoms with Crippen LogP contribution < -0.4 is 15.4 Å². The predicted molar refractivity (Wildman–Crippen MR) is 166 cm³/mol. The van der Waals surface area contributed by atoms with E-state index in [4.69, 9.17) is 33.3 Å². The van der Waals surface area contributed by atoms with Crippen molar-refractivity contribution in [2.75, 3.05) is 17.7 Å². The summed E-state index contributed by atoms with van der Waals surface area (Å²) in [7, 11) is 1.43. The summed E-state index contributed by atoms with van der Waals surface area (Å²) in [5.74, 6) is -0.666. The highest BCUT2D eigenvalue weighted by Gasteiger charge is 2.20. The average molecular weight is 588 g/mol. The molecule has 1 amide bonds. The number of carbonyl (C=O) groups excluding carboxylic acids is 1. The summed E-state index contributed by atoms with van der Waals surface area (Å²) in [5.41, 5.74) is 1.67. The molecule has 1 heterocycles. The number of hydrogen-bond acceptors (Lipinski definition) is 5. The van der Waals surface area contributed by atoms with E-state index >= 15 is 0 Å². The van der Waals surface area contributed by atoms with Crippen molar-refractivity contribution in [3.05, 3.63) is 87.8 Å². The number of pyridine rings is 1. The second kappa shape index (κ2) is 16.6. The van der Waals surface area contributed by atoms with E-state index in [0.717, 1.165) is 12.8 Å². The van der Waals surface area contributed by atoms with Gasteiger partial charge in [0.1, 0.15) is 17.4 Å². The zero-order valence-corrected chi connectivity index (χ0v) is 25.0. The number of ether oxygens (including phenoxy) is 1. The largest absolute Gasteiger partial charge is 0.494 e. The SMILES string of the molecule is C1CC1.C=C(Nc1ccc(Cl)cn1)c1cc(Cl)cc(OC)c1NC(=O)c1ccc(C(=N)CCCC)cc1F.CC. The molecule has 4 rings (SSSR count). The Kier molecular flexibility index (Phi) is 13.6. The lowest BCUT2D eigenvalue weighted by Crippen LogP contribution is -2.17. The van der Waals surface area contributed by atoms with Crippen molar-refractivity contribution in [3.63, 3.8) is 0 Å². The van der Waals surface area contributed by atoms with Crippen LogP contribution in [0.5, 0.6) is 5.75 Å². The maximum Gasteiger partial charge on any atom is 0.258 e. The van der Waals surface area contributed by atoms with Crippen LogP contribution in [0.1, 0.15) is 80.8 Å². The molecule has 214 valence electrons. The Bertz CT molecular complexity index is 1310. The van der Waals surface area contributed by atoms with Crippen LogP contribution in [0.2, 0.25) is 10.0 Å². The van der Waals surface area contributed by atoms with Crippen molar-refractivity contribution in [1.82, 2.24) is 4.98 Å². The zero-order chi connectivity index (χ0) is 29.7. The molecule has 9 heteroatoms. The number of anilines is 2. The molecule has 1 aliphatic rings. The van der Waals surface area contributed by atoms with Gasteiger partial charge in [0.15, 0.2) is 0 Å². The van der Waals surface area contributed by atoms with Crippen LogP contribution >= 0.6 is 23.2 Å². The van der Waals surface area contributed by atoms with Crippen LogP contribution in [0.4, 0.5) is 15.9 Å². The Morgan fingerprint density at radius 3 is 2.30 bits per heavy atom. The minimum atomic E-state index is -0.724. The number of aromatic nitrogens is 1. The highest BCUT2D eigenvalue weighted by Crippen LogP contribution is 2.36. The molecule has 1 fully saturated rings. The standard InChI is InChI=1S/C26H25Cl2FN4O2.C3H6.C2H6/c1-4-5-6-22(30)16-7-9-19(21(29)11-16)26(34)33-25-20(12-18(28)13-23(25)35-3)15(2)32-24-10-8-17(27)14-31-24;1-2-3-1;1-2/h7-14,30H,2,4-6H2,1,3H3,(H,31,32)(H,33,34);1-3H2;1-2H3. The lowest BCUT2D eigenvalue weighted by Gasteiger charge is -2.18. The fourth-order valence-electron chi connectivity index (χ4n) is 3.35. The zero-order valence-electron chi connectivity index (χ0n) is 23.5. The number of halogens is 3. The van der Waals surface area contributed by atoms with Crippen LogP contribution in [0.15, 0.2) is 55.2 Å². The summed E-state index contributed by atoms with van der Waals surface area (Å²) in [6.45, 7) is 10.1. The van der Waals surface area contributed by atoms with Gasteiger partial charge in [-0.1, -0.05) is 82.3 Å². The molecule has 0 bridgehead atoms. The molecule has 0 saturated heterocycles. The fourth-order valence-corrected chi connectivity index (χ4v) is 3.67. The first-order valence-electron chi connectivity index (χ1n) is 13.4. The van der Waals surface area contributed by atoms with E-state index in [9.17, 15) is 9.18 Å². The molecule has 0 radical (unpaired) electrons. The number of amides is 1. The number of methoxy groups -OCH3 is 1. The number of benzene rings is 2. The molecule has 6 nitrogen and oxygen atoms in total. The summed E-state index contributed by atoms with van der Waals surface area (Å²) in [5, 5.41) is 14.7. The van der Waals surface area contributed by atoms with Gasteiger partial charge in [-0.2, -0.15) is 0 Å². The fraction of sp³-hybridized carbons (Fsp3) is 0.323. The smallest absolute Gasteiger partial charge is 0.258 e. The summed E-state index contributed by atoms with van der Waals surface area (Å²) in [4.78, 5) is 17.2. The Morgan fingerprint density at radius 2 is 1.75 bits per heavy atom. The molecule has 0 aliphatic heterocycles. The van der Waals surface area contributed by atoms with Crippen LogP contribution in [0.3, 0.4) is 0 Å². The number of unbranched alkanes of at least 4 members (excludes halogenated alkanes) is 1. The topological polar surface area (TPSA) is 87.1 Å². The van der Waals surface area contributed by atoms with E-state index in [2.05, 4.69) is 22.2 Å². The van der Waals surface area contributed by atoms with E-state index in [1.807, 2.05) is 20.8 Å². The summed E-state index contributed by atoms with van der Waals surface area (Å²) in [6.07, 6.45) is 8.30. The van der Waals surface area contributed by atoms with E-state index in [1.165, 1.54) is 50.8 Å². The Morgan fingerprint density at radius 1 is 1.05 bits per heavy atom. The quantitative estimate of drug-likeness (QED) is 0.206. The molecule has 1 aromatic heterocycles. The maximum absolute atomic E-state index is 14.9. The number of nitrogens with one attached hydrogen (secondary N) is 3. The molecule has 1 saturated carbocycles. The Balaban J connectivity index is 0.00000103. The molecule has 3 N–H and O–H groups in total. The van der Waals surface area contributed by atoms with E-state index in [1.54, 1.807) is 24.3 Å². The van der Waals surface area contributed by atoms with Crippen molar-refractivity contribution in [2.45, 2.75) is 59.3 Å². The molecule has 1 aliphatic carbocycles. The van der Waals surface area contributed by atoms with Gasteiger partial charge >= 0.3 is 0 Å². The predicted octanol–water partition coefficient (Wildman–Crippen LogP) is 9.63. The normalized spacial score (nSPS) is 11.2. The molecular weight excluding hydrogens is 550 g/mol. The van der Waals surface area contributed by atoms with Gasteiger partial charge in [-0.05, 0) is 48.7 Å². The molecule has 2 aromatic carbocycles.